The molecule has 3 nitrogen and oxygen atoms in total. The molecule has 0 radical (unpaired) electrons. The van der Waals surface area contributed by atoms with E-state index in [9.17, 15) is 0 Å². The van der Waals surface area contributed by atoms with Crippen LogP contribution in [0.4, 0.5) is 0 Å². The summed E-state index contributed by atoms with van der Waals surface area (Å²) < 4.78 is 6.46. The van der Waals surface area contributed by atoms with Crippen LogP contribution in [0.5, 0.6) is 0 Å². The Kier molecular flexibility index (Phi) is 13.7. The van der Waals surface area contributed by atoms with E-state index in [0.29, 0.717) is 12.1 Å². The van der Waals surface area contributed by atoms with Crippen LogP contribution in [0.2, 0.25) is 0 Å². The van der Waals surface area contributed by atoms with Gasteiger partial charge in [-0.3, -0.25) is 9.80 Å². The first kappa shape index (κ1) is 32.2. The zero-order valence-corrected chi connectivity index (χ0v) is 26.9. The van der Waals surface area contributed by atoms with Crippen molar-refractivity contribution in [3.63, 3.8) is 0 Å². The van der Waals surface area contributed by atoms with Gasteiger partial charge in [0.2, 0.25) is 0 Å². The van der Waals surface area contributed by atoms with Crippen LogP contribution in [0, 0.1) is 23.7 Å². The lowest BCUT2D eigenvalue weighted by atomic mass is 9.89. The number of rotatable bonds is 16. The Morgan fingerprint density at radius 3 is 1.29 bits per heavy atom. The molecule has 3 heteroatoms. The number of likely N-dealkylation sites (tertiary alicyclic amines) is 2. The first-order valence-corrected chi connectivity index (χ1v) is 17.1. The van der Waals surface area contributed by atoms with Crippen molar-refractivity contribution in [3.05, 3.63) is 71.8 Å². The van der Waals surface area contributed by atoms with Gasteiger partial charge in [-0.15, -0.1) is 0 Å². The second-order valence-electron chi connectivity index (χ2n) is 14.1. The van der Waals surface area contributed by atoms with Crippen LogP contribution in [-0.2, 0) is 17.6 Å². The van der Waals surface area contributed by atoms with Crippen LogP contribution in [0.15, 0.2) is 60.7 Å². The van der Waals surface area contributed by atoms with Gasteiger partial charge in [-0.05, 0) is 99.0 Å². The van der Waals surface area contributed by atoms with Crippen LogP contribution in [0.1, 0.15) is 90.2 Å². The molecule has 2 saturated heterocycles. The summed E-state index contributed by atoms with van der Waals surface area (Å²) in [4.78, 5) is 5.63. The van der Waals surface area contributed by atoms with Crippen LogP contribution >= 0.6 is 0 Å². The smallest absolute Gasteiger partial charge is 0.0480 e. The minimum absolute atomic E-state index is 0.648. The Labute approximate surface area is 253 Å². The molecule has 228 valence electrons. The van der Waals surface area contributed by atoms with Gasteiger partial charge >= 0.3 is 0 Å². The van der Waals surface area contributed by atoms with Crippen LogP contribution < -0.4 is 0 Å². The molecule has 2 aliphatic rings. The molecule has 2 unspecified atom stereocenters. The average Bonchev–Trinajstić information content (AvgIpc) is 2.95. The molecule has 2 fully saturated rings. The van der Waals surface area contributed by atoms with E-state index in [1.54, 1.807) is 0 Å². The molecular formula is C38H60N2O. The highest BCUT2D eigenvalue weighted by Gasteiger charge is 2.28. The van der Waals surface area contributed by atoms with E-state index < -0.39 is 0 Å². The average molecular weight is 561 g/mol. The molecule has 0 aliphatic carbocycles. The molecular weight excluding hydrogens is 500 g/mol. The molecule has 0 spiro atoms. The number of piperidine rings is 2. The maximum absolute atomic E-state index is 6.46. The van der Waals surface area contributed by atoms with Crippen molar-refractivity contribution in [1.82, 2.24) is 9.80 Å². The second-order valence-corrected chi connectivity index (χ2v) is 14.1. The number of hydrogen-bond donors (Lipinski definition) is 0. The third-order valence-corrected chi connectivity index (χ3v) is 9.71. The summed E-state index contributed by atoms with van der Waals surface area (Å²) >= 11 is 0. The summed E-state index contributed by atoms with van der Waals surface area (Å²) in [5.74, 6) is 3.23. The third kappa shape index (κ3) is 11.5. The van der Waals surface area contributed by atoms with E-state index in [1.165, 1.54) is 102 Å². The molecule has 2 aliphatic heterocycles. The maximum atomic E-state index is 6.46. The monoisotopic (exact) mass is 560 g/mol. The molecule has 0 aromatic heterocycles. The van der Waals surface area contributed by atoms with Gasteiger partial charge in [0.25, 0.3) is 0 Å². The lowest BCUT2D eigenvalue weighted by Crippen LogP contribution is -2.46. The van der Waals surface area contributed by atoms with Crippen molar-refractivity contribution < 1.29 is 4.74 Å². The minimum atomic E-state index is 0.648. The highest BCUT2D eigenvalue weighted by Crippen LogP contribution is 2.27. The van der Waals surface area contributed by atoms with Crippen LogP contribution in [0.3, 0.4) is 0 Å². The summed E-state index contributed by atoms with van der Waals surface area (Å²) in [6.07, 6.45) is 12.6. The number of aryl methyl sites for hydroxylation is 2. The van der Waals surface area contributed by atoms with Gasteiger partial charge in [-0.1, -0.05) is 88.4 Å². The predicted octanol–water partition coefficient (Wildman–Crippen LogP) is 8.52. The van der Waals surface area contributed by atoms with E-state index in [4.69, 9.17) is 4.74 Å². The third-order valence-electron chi connectivity index (χ3n) is 9.71. The van der Waals surface area contributed by atoms with Gasteiger partial charge in [0.05, 0.1) is 0 Å². The van der Waals surface area contributed by atoms with Gasteiger partial charge in [-0.2, -0.15) is 0 Å². The summed E-state index contributed by atoms with van der Waals surface area (Å²) in [5, 5.41) is 0. The SMILES string of the molecule is C[C@H]1C[C@H](C)CN(C(CCCc2ccccc2)CCOCCC(CCCc2ccccc2)N2C[C@@H](C)C[C@H](C)C2)C1. The Morgan fingerprint density at radius 1 is 0.561 bits per heavy atom. The van der Waals surface area contributed by atoms with Crippen molar-refractivity contribution in [2.24, 2.45) is 23.7 Å². The number of hydrogen-bond acceptors (Lipinski definition) is 3. The van der Waals surface area contributed by atoms with Crippen molar-refractivity contribution >= 4 is 0 Å². The molecule has 0 amide bonds. The molecule has 4 rings (SSSR count). The Morgan fingerprint density at radius 2 is 0.927 bits per heavy atom. The first-order chi connectivity index (χ1) is 20.0. The molecule has 6 atom stereocenters. The largest absolute Gasteiger partial charge is 0.381 e. The Balaban J connectivity index is 1.26. The zero-order chi connectivity index (χ0) is 28.9. The van der Waals surface area contributed by atoms with Crippen molar-refractivity contribution in [1.29, 1.82) is 0 Å². The van der Waals surface area contributed by atoms with Crippen molar-refractivity contribution in [2.45, 2.75) is 104 Å². The highest BCUT2D eigenvalue weighted by molar-refractivity contribution is 5.15. The fourth-order valence-corrected chi connectivity index (χ4v) is 7.95. The second kappa shape index (κ2) is 17.4. The topological polar surface area (TPSA) is 15.7 Å². The normalized spacial score (nSPS) is 25.7. The van der Waals surface area contributed by atoms with Gasteiger partial charge in [0.15, 0.2) is 0 Å². The molecule has 0 N–H and O–H groups in total. The molecule has 0 bridgehead atoms. The number of ether oxygens (including phenoxy) is 1. The number of nitrogens with zero attached hydrogens (tertiary/aromatic N) is 2. The summed E-state index contributed by atoms with van der Waals surface area (Å²) in [6.45, 7) is 16.6. The number of benzene rings is 2. The Bertz CT molecular complexity index is 852. The van der Waals surface area contributed by atoms with E-state index in [1.807, 2.05) is 0 Å². The summed E-state index contributed by atoms with van der Waals surface area (Å²) in [6, 6.07) is 23.4. The summed E-state index contributed by atoms with van der Waals surface area (Å²) in [5.41, 5.74) is 2.95. The van der Waals surface area contributed by atoms with E-state index in [0.717, 1.165) is 36.9 Å². The zero-order valence-electron chi connectivity index (χ0n) is 26.9. The summed E-state index contributed by atoms with van der Waals surface area (Å²) in [7, 11) is 0. The van der Waals surface area contributed by atoms with Crippen molar-refractivity contribution in [3.8, 4) is 0 Å². The Hall–Kier alpha value is -1.68. The maximum Gasteiger partial charge on any atom is 0.0480 e. The van der Waals surface area contributed by atoms with Crippen LogP contribution in [-0.4, -0.2) is 61.3 Å². The van der Waals surface area contributed by atoms with Gasteiger partial charge in [0.1, 0.15) is 0 Å². The molecule has 2 heterocycles. The van der Waals surface area contributed by atoms with E-state index in [2.05, 4.69) is 98.2 Å². The van der Waals surface area contributed by atoms with Crippen molar-refractivity contribution in [2.75, 3.05) is 39.4 Å². The lowest BCUT2D eigenvalue weighted by molar-refractivity contribution is 0.0385. The predicted molar refractivity (Wildman–Crippen MR) is 175 cm³/mol. The lowest BCUT2D eigenvalue weighted by Gasteiger charge is -2.41. The standard InChI is InChI=1S/C38H60N2O/c1-31-25-32(2)28-39(27-31)37(19-11-17-35-13-7-5-8-14-35)21-23-41-24-22-38(40-29-33(3)26-34(4)30-40)20-12-18-36-15-9-6-10-16-36/h5-10,13-16,31-34,37-38H,11-12,17-30H2,1-4H3/t31-,32-,33-,34-,37?,38?/m0/s1. The quantitative estimate of drug-likeness (QED) is 0.191. The fourth-order valence-electron chi connectivity index (χ4n) is 7.95. The van der Waals surface area contributed by atoms with Gasteiger partial charge in [-0.25, -0.2) is 0 Å². The van der Waals surface area contributed by atoms with E-state index in [-0.39, 0.29) is 0 Å². The fraction of sp³-hybridized carbons (Fsp3) is 0.684. The minimum Gasteiger partial charge on any atom is -0.381 e. The van der Waals surface area contributed by atoms with Gasteiger partial charge in [0, 0.05) is 51.5 Å². The van der Waals surface area contributed by atoms with E-state index >= 15 is 0 Å². The molecule has 0 saturated carbocycles. The van der Waals surface area contributed by atoms with Gasteiger partial charge < -0.3 is 4.74 Å². The first-order valence-electron chi connectivity index (χ1n) is 17.1. The highest BCUT2D eigenvalue weighted by atomic mass is 16.5. The molecule has 41 heavy (non-hydrogen) atoms. The van der Waals surface area contributed by atoms with Crippen LogP contribution in [0.25, 0.3) is 0 Å². The molecule has 2 aromatic carbocycles. The molecule has 2 aromatic rings.